The molecule has 0 aliphatic heterocycles. The van der Waals surface area contributed by atoms with E-state index in [4.69, 9.17) is 10.5 Å². The normalized spacial score (nSPS) is 10.2. The Morgan fingerprint density at radius 1 is 1.04 bits per heavy atom. The molecule has 0 fully saturated rings. The van der Waals surface area contributed by atoms with Crippen LogP contribution in [0.3, 0.4) is 0 Å². The van der Waals surface area contributed by atoms with Gasteiger partial charge in [-0.1, -0.05) is 18.7 Å². The number of rotatable bonds is 6. The molecule has 0 aliphatic rings. The molecular weight excluding hydrogens is 326 g/mol. The van der Waals surface area contributed by atoms with Gasteiger partial charge in [-0.3, -0.25) is 0 Å². The summed E-state index contributed by atoms with van der Waals surface area (Å²) in [5, 5.41) is 5.47. The number of pyridine rings is 2. The highest BCUT2D eigenvalue weighted by molar-refractivity contribution is 5.79. The van der Waals surface area contributed by atoms with E-state index < -0.39 is 0 Å². The molecule has 0 amide bonds. The van der Waals surface area contributed by atoms with Crippen LogP contribution in [0.25, 0.3) is 22.3 Å². The summed E-state index contributed by atoms with van der Waals surface area (Å²) in [4.78, 5) is 8.56. The molecular formula is C20H19N5O. The predicted octanol–water partition coefficient (Wildman–Crippen LogP) is 3.97. The van der Waals surface area contributed by atoms with E-state index in [9.17, 15) is 0 Å². The van der Waals surface area contributed by atoms with Gasteiger partial charge in [0.2, 0.25) is 5.88 Å². The van der Waals surface area contributed by atoms with Gasteiger partial charge in [0, 0.05) is 48.1 Å². The number of aromatic nitrogens is 2. The second-order valence-electron chi connectivity index (χ2n) is 5.46. The molecule has 2 heterocycles. The molecule has 6 nitrogen and oxygen atoms in total. The number of nitrogen functional groups attached to an aromatic ring is 1. The summed E-state index contributed by atoms with van der Waals surface area (Å²) >= 11 is 0. The van der Waals surface area contributed by atoms with Crippen molar-refractivity contribution in [2.24, 2.45) is 5.10 Å². The molecule has 0 unspecified atom stereocenters. The first-order valence-electron chi connectivity index (χ1n) is 7.91. The molecule has 2 N–H and O–H groups in total. The molecule has 0 bridgehead atoms. The maximum Gasteiger partial charge on any atom is 0.212 e. The first-order chi connectivity index (χ1) is 12.7. The van der Waals surface area contributed by atoms with Gasteiger partial charge in [-0.2, -0.15) is 5.10 Å². The number of nitrogens with two attached hydrogens (primary N) is 1. The highest BCUT2D eigenvalue weighted by atomic mass is 16.5. The monoisotopic (exact) mass is 345 g/mol. The zero-order chi connectivity index (χ0) is 18.5. The minimum Gasteiger partial charge on any atom is -0.481 e. The fraction of sp³-hybridized carbons (Fsp3) is 0.0500. The molecule has 3 aromatic rings. The Kier molecular flexibility index (Phi) is 4.94. The van der Waals surface area contributed by atoms with Gasteiger partial charge >= 0.3 is 0 Å². The Morgan fingerprint density at radius 3 is 2.31 bits per heavy atom. The van der Waals surface area contributed by atoms with Gasteiger partial charge in [0.15, 0.2) is 0 Å². The maximum absolute atomic E-state index is 6.06. The van der Waals surface area contributed by atoms with Crippen molar-refractivity contribution in [3.05, 3.63) is 67.6 Å². The molecule has 0 radical (unpaired) electrons. The largest absolute Gasteiger partial charge is 0.481 e. The van der Waals surface area contributed by atoms with Crippen LogP contribution in [0, 0.1) is 0 Å². The molecule has 3 rings (SSSR count). The smallest absolute Gasteiger partial charge is 0.212 e. The summed E-state index contributed by atoms with van der Waals surface area (Å²) in [6.45, 7) is 7.23. The van der Waals surface area contributed by atoms with Crippen LogP contribution >= 0.6 is 0 Å². The molecule has 0 atom stereocenters. The molecule has 0 saturated carbocycles. The van der Waals surface area contributed by atoms with E-state index in [0.29, 0.717) is 11.7 Å². The predicted molar refractivity (Wildman–Crippen MR) is 106 cm³/mol. The highest BCUT2D eigenvalue weighted by Crippen LogP contribution is 2.30. The average Bonchev–Trinajstić information content (AvgIpc) is 2.70. The summed E-state index contributed by atoms with van der Waals surface area (Å²) in [5.74, 6) is 1.00. The van der Waals surface area contributed by atoms with E-state index in [2.05, 4.69) is 28.4 Å². The number of hydrazone groups is 1. The molecule has 6 heteroatoms. The second-order valence-corrected chi connectivity index (χ2v) is 5.46. The van der Waals surface area contributed by atoms with Crippen molar-refractivity contribution in [1.82, 2.24) is 9.97 Å². The number of ether oxygens (including phenoxy) is 1. The van der Waals surface area contributed by atoms with Crippen molar-refractivity contribution in [1.29, 1.82) is 0 Å². The van der Waals surface area contributed by atoms with E-state index in [0.717, 1.165) is 27.9 Å². The van der Waals surface area contributed by atoms with Crippen LogP contribution in [0.15, 0.2) is 72.7 Å². The van der Waals surface area contributed by atoms with E-state index >= 15 is 0 Å². The molecule has 130 valence electrons. The number of benzene rings is 1. The zero-order valence-corrected chi connectivity index (χ0v) is 14.5. The van der Waals surface area contributed by atoms with Crippen molar-refractivity contribution in [3.8, 4) is 28.1 Å². The molecule has 1 aromatic carbocycles. The van der Waals surface area contributed by atoms with Crippen LogP contribution in [-0.4, -0.2) is 23.8 Å². The van der Waals surface area contributed by atoms with Gasteiger partial charge in [-0.05, 0) is 29.8 Å². The van der Waals surface area contributed by atoms with Crippen molar-refractivity contribution in [3.63, 3.8) is 0 Å². The molecule has 26 heavy (non-hydrogen) atoms. The Balaban J connectivity index is 1.96. The fourth-order valence-electron chi connectivity index (χ4n) is 2.58. The van der Waals surface area contributed by atoms with Gasteiger partial charge < -0.3 is 10.5 Å². The van der Waals surface area contributed by atoms with E-state index in [1.54, 1.807) is 36.8 Å². The Morgan fingerprint density at radius 2 is 1.73 bits per heavy atom. The summed E-state index contributed by atoms with van der Waals surface area (Å²) < 4.78 is 5.10. The van der Waals surface area contributed by atoms with E-state index in [1.165, 1.54) is 0 Å². The minimum absolute atomic E-state index is 0.450. The second kappa shape index (κ2) is 7.48. The fourth-order valence-corrected chi connectivity index (χ4v) is 2.58. The van der Waals surface area contributed by atoms with Crippen molar-refractivity contribution in [2.45, 2.75) is 0 Å². The maximum atomic E-state index is 6.06. The first-order valence-corrected chi connectivity index (χ1v) is 7.91. The summed E-state index contributed by atoms with van der Waals surface area (Å²) in [6.07, 6.45) is 5.07. The Bertz CT molecular complexity index is 912. The highest BCUT2D eigenvalue weighted by Gasteiger charge is 2.09. The van der Waals surface area contributed by atoms with Crippen LogP contribution in [0.4, 0.5) is 11.5 Å². The lowest BCUT2D eigenvalue weighted by Crippen LogP contribution is -2.04. The summed E-state index contributed by atoms with van der Waals surface area (Å²) in [6, 6.07) is 13.6. The first kappa shape index (κ1) is 17.2. The number of hydrogen-bond donors (Lipinski definition) is 1. The number of hydrogen-bond acceptors (Lipinski definition) is 6. The molecule has 0 saturated heterocycles. The van der Waals surface area contributed by atoms with E-state index in [-0.39, 0.29) is 0 Å². The number of nitrogens with zero attached hydrogens (tertiary/aromatic N) is 4. The topological polar surface area (TPSA) is 76.6 Å². The van der Waals surface area contributed by atoms with Gasteiger partial charge in [-0.15, -0.1) is 0 Å². The van der Waals surface area contributed by atoms with Crippen LogP contribution in [-0.2, 0) is 0 Å². The molecule has 0 aliphatic carbocycles. The van der Waals surface area contributed by atoms with Crippen LogP contribution in [0.1, 0.15) is 0 Å². The third-order valence-corrected chi connectivity index (χ3v) is 3.97. The minimum atomic E-state index is 0.450. The van der Waals surface area contributed by atoms with Crippen molar-refractivity contribution in [2.75, 3.05) is 17.9 Å². The van der Waals surface area contributed by atoms with Gasteiger partial charge in [0.05, 0.1) is 12.8 Å². The van der Waals surface area contributed by atoms with Crippen LogP contribution in [0.5, 0.6) is 5.88 Å². The van der Waals surface area contributed by atoms with Crippen molar-refractivity contribution >= 4 is 18.2 Å². The quantitative estimate of drug-likeness (QED) is 0.540. The lowest BCUT2D eigenvalue weighted by Gasteiger charge is -2.13. The standard InChI is InChI=1S/C20H19N5O/c1-4-25(22-2)17-8-5-14(6-9-17)16-11-18(20(21)24-13-16)15-7-10-19(26-3)23-12-15/h4-13H,1-2H2,3H3,(H2,21,24). The number of methoxy groups -OCH3 is 1. The lowest BCUT2D eigenvalue weighted by atomic mass is 10.0. The van der Waals surface area contributed by atoms with Gasteiger partial charge in [0.25, 0.3) is 0 Å². The molecule has 0 spiro atoms. The van der Waals surface area contributed by atoms with E-state index in [1.807, 2.05) is 36.4 Å². The van der Waals surface area contributed by atoms with Gasteiger partial charge in [0.1, 0.15) is 5.82 Å². The summed E-state index contributed by atoms with van der Waals surface area (Å²) in [5.41, 5.74) is 10.6. The van der Waals surface area contributed by atoms with Crippen molar-refractivity contribution < 1.29 is 4.74 Å². The molecule has 2 aromatic heterocycles. The third kappa shape index (κ3) is 3.39. The van der Waals surface area contributed by atoms with Crippen LogP contribution in [0.2, 0.25) is 0 Å². The SMILES string of the molecule is C=CN(N=C)c1ccc(-c2cnc(N)c(-c3ccc(OC)nc3)c2)cc1. The Hall–Kier alpha value is -3.67. The number of anilines is 2. The average molecular weight is 345 g/mol. The summed E-state index contributed by atoms with van der Waals surface area (Å²) in [7, 11) is 1.58. The van der Waals surface area contributed by atoms with Gasteiger partial charge in [-0.25, -0.2) is 15.0 Å². The lowest BCUT2D eigenvalue weighted by molar-refractivity contribution is 0.398. The van der Waals surface area contributed by atoms with Crippen LogP contribution < -0.4 is 15.5 Å². The third-order valence-electron chi connectivity index (χ3n) is 3.97. The Labute approximate surface area is 152 Å². The zero-order valence-electron chi connectivity index (χ0n) is 14.5.